The molecule has 0 saturated carbocycles. The van der Waals surface area contributed by atoms with Crippen LogP contribution in [0.1, 0.15) is 23.2 Å². The number of nitrogens with one attached hydrogen (secondary N) is 1. The Morgan fingerprint density at radius 1 is 1.22 bits per heavy atom. The van der Waals surface area contributed by atoms with Crippen LogP contribution in [-0.2, 0) is 9.84 Å². The summed E-state index contributed by atoms with van der Waals surface area (Å²) in [7, 11) is -3.64. The van der Waals surface area contributed by atoms with Gasteiger partial charge < -0.3 is 10.4 Å². The third kappa shape index (κ3) is 5.12. The summed E-state index contributed by atoms with van der Waals surface area (Å²) < 4.78 is 38.6. The average molecular weight is 392 g/mol. The molecule has 1 unspecified atom stereocenters. The second-order valence-electron chi connectivity index (χ2n) is 6.61. The number of hydrogen-bond donors (Lipinski definition) is 2. The van der Waals surface area contributed by atoms with E-state index in [-0.39, 0.29) is 22.0 Å². The third-order valence-corrected chi connectivity index (χ3v) is 6.05. The van der Waals surface area contributed by atoms with Gasteiger partial charge in [0.1, 0.15) is 11.7 Å². The van der Waals surface area contributed by atoms with Gasteiger partial charge in [0, 0.05) is 17.8 Å². The third-order valence-electron chi connectivity index (χ3n) is 4.37. The number of anilines is 1. The lowest BCUT2D eigenvalue weighted by molar-refractivity contribution is 0.0804. The van der Waals surface area contributed by atoms with Crippen molar-refractivity contribution in [2.24, 2.45) is 0 Å². The molecule has 1 fully saturated rings. The van der Waals surface area contributed by atoms with Crippen molar-refractivity contribution in [2.75, 3.05) is 24.3 Å². The van der Waals surface area contributed by atoms with Crippen LogP contribution in [0.3, 0.4) is 0 Å². The highest BCUT2D eigenvalue weighted by molar-refractivity contribution is 7.91. The van der Waals surface area contributed by atoms with Gasteiger partial charge in [0.25, 0.3) is 5.91 Å². The zero-order valence-corrected chi connectivity index (χ0v) is 15.5. The molecular formula is C19H21FN2O4S. The summed E-state index contributed by atoms with van der Waals surface area (Å²) in [5.74, 6) is -1.21. The molecule has 2 N–H and O–H groups in total. The van der Waals surface area contributed by atoms with Crippen molar-refractivity contribution in [3.8, 4) is 0 Å². The van der Waals surface area contributed by atoms with E-state index in [1.54, 1.807) is 11.0 Å². The zero-order valence-electron chi connectivity index (χ0n) is 14.6. The van der Waals surface area contributed by atoms with Crippen LogP contribution in [0.4, 0.5) is 10.1 Å². The van der Waals surface area contributed by atoms with Crippen LogP contribution >= 0.6 is 0 Å². The second kappa shape index (κ2) is 8.16. The van der Waals surface area contributed by atoms with Crippen LogP contribution in [0.25, 0.3) is 0 Å². The molecule has 0 spiro atoms. The van der Waals surface area contributed by atoms with Crippen molar-refractivity contribution in [3.05, 3.63) is 59.9 Å². The predicted octanol–water partition coefficient (Wildman–Crippen LogP) is 2.27. The molecule has 3 rings (SSSR count). The Kier molecular flexibility index (Phi) is 5.88. The van der Waals surface area contributed by atoms with Gasteiger partial charge in [-0.05, 0) is 55.8 Å². The van der Waals surface area contributed by atoms with E-state index < -0.39 is 27.7 Å². The molecule has 1 atom stereocenters. The minimum atomic E-state index is -3.64. The van der Waals surface area contributed by atoms with Crippen LogP contribution in [-0.4, -0.2) is 49.4 Å². The van der Waals surface area contributed by atoms with Gasteiger partial charge in [-0.3, -0.25) is 9.69 Å². The lowest BCUT2D eigenvalue weighted by Crippen LogP contribution is -2.41. The average Bonchev–Trinajstić information content (AvgIpc) is 2.61. The molecule has 0 aromatic heterocycles. The number of β-amino-alcohol motifs (C(OH)–C–C–N with tert-alkyl or cyclic N) is 1. The van der Waals surface area contributed by atoms with Crippen molar-refractivity contribution >= 4 is 21.4 Å². The van der Waals surface area contributed by atoms with Gasteiger partial charge in [-0.2, -0.15) is 0 Å². The van der Waals surface area contributed by atoms with Gasteiger partial charge in [-0.25, -0.2) is 12.8 Å². The van der Waals surface area contributed by atoms with Crippen LogP contribution < -0.4 is 5.32 Å². The Bertz CT molecular complexity index is 933. The second-order valence-corrected chi connectivity index (χ2v) is 8.57. The quantitative estimate of drug-likeness (QED) is 0.815. The molecule has 8 heteroatoms. The summed E-state index contributed by atoms with van der Waals surface area (Å²) in [6, 6.07) is 11.2. The molecule has 6 nitrogen and oxygen atoms in total. The highest BCUT2D eigenvalue weighted by Gasteiger charge is 2.24. The van der Waals surface area contributed by atoms with Crippen molar-refractivity contribution in [1.29, 1.82) is 0 Å². The molecule has 2 aromatic rings. The highest BCUT2D eigenvalue weighted by Crippen LogP contribution is 2.19. The van der Waals surface area contributed by atoms with Gasteiger partial charge in [-0.1, -0.05) is 12.1 Å². The van der Waals surface area contributed by atoms with Crippen LogP contribution in [0, 0.1) is 5.82 Å². The normalized spacial score (nSPS) is 18.2. The molecule has 0 radical (unpaired) electrons. The Hall–Kier alpha value is -2.29. The molecule has 2 aromatic carbocycles. The number of nitrogens with zero attached hydrogens (tertiary/aromatic N) is 1. The maximum Gasteiger partial charge on any atom is 0.255 e. The van der Waals surface area contributed by atoms with Gasteiger partial charge in [0.05, 0.1) is 11.0 Å². The fourth-order valence-corrected chi connectivity index (χ4v) is 4.52. The van der Waals surface area contributed by atoms with Gasteiger partial charge in [0.15, 0.2) is 9.84 Å². The minimum absolute atomic E-state index is 0.0365. The largest absolute Gasteiger partial charge is 0.392 e. The minimum Gasteiger partial charge on any atom is -0.392 e. The summed E-state index contributed by atoms with van der Waals surface area (Å²) in [6.07, 6.45) is 0.899. The lowest BCUT2D eigenvalue weighted by Gasteiger charge is -2.29. The van der Waals surface area contributed by atoms with Crippen LogP contribution in [0.15, 0.2) is 53.4 Å². The van der Waals surface area contributed by atoms with Gasteiger partial charge >= 0.3 is 0 Å². The summed E-state index contributed by atoms with van der Waals surface area (Å²) in [5.41, 5.74) is 0.453. The summed E-state index contributed by atoms with van der Waals surface area (Å²) in [5, 5.41) is 12.3. The number of carbonyl (C=O) groups is 1. The van der Waals surface area contributed by atoms with Crippen molar-refractivity contribution in [1.82, 2.24) is 4.90 Å². The Morgan fingerprint density at radius 3 is 2.74 bits per heavy atom. The maximum atomic E-state index is 13.2. The van der Waals surface area contributed by atoms with E-state index in [9.17, 15) is 22.7 Å². The number of aliphatic hydroxyl groups excluding tert-OH is 1. The number of piperidine rings is 1. The van der Waals surface area contributed by atoms with Gasteiger partial charge in [0.2, 0.25) is 0 Å². The number of hydrogen-bond acceptors (Lipinski definition) is 5. The standard InChI is InChI=1S/C19H21FN2O4S/c20-15-5-2-6-16(11-15)21-19(24)14-4-1-8-18(10-14)27(25,26)13-22-9-3-7-17(23)12-22/h1-2,4-6,8,10-11,17,23H,3,7,9,12-13H2,(H,21,24). The Balaban J connectivity index is 1.75. The van der Waals surface area contributed by atoms with Crippen molar-refractivity contribution < 1.29 is 22.7 Å². The first kappa shape index (κ1) is 19.5. The van der Waals surface area contributed by atoms with Crippen molar-refractivity contribution in [3.63, 3.8) is 0 Å². The van der Waals surface area contributed by atoms with Crippen LogP contribution in [0.5, 0.6) is 0 Å². The SMILES string of the molecule is O=C(Nc1cccc(F)c1)c1cccc(S(=O)(=O)CN2CCCC(O)C2)c1. The smallest absolute Gasteiger partial charge is 0.255 e. The summed E-state index contributed by atoms with van der Waals surface area (Å²) in [4.78, 5) is 14.1. The predicted molar refractivity (Wildman–Crippen MR) is 99.7 cm³/mol. The number of amides is 1. The van der Waals surface area contributed by atoms with Crippen LogP contribution in [0.2, 0.25) is 0 Å². The number of likely N-dealkylation sites (tertiary alicyclic amines) is 1. The fourth-order valence-electron chi connectivity index (χ4n) is 3.06. The molecule has 144 valence electrons. The molecule has 1 aliphatic rings. The first-order valence-corrected chi connectivity index (χ1v) is 10.3. The van der Waals surface area contributed by atoms with E-state index in [2.05, 4.69) is 5.32 Å². The number of halogens is 1. The lowest BCUT2D eigenvalue weighted by atomic mass is 10.1. The molecule has 0 aliphatic carbocycles. The monoisotopic (exact) mass is 392 g/mol. The Labute approximate surface area is 157 Å². The first-order valence-electron chi connectivity index (χ1n) is 8.64. The summed E-state index contributed by atoms with van der Waals surface area (Å²) in [6.45, 7) is 0.926. The Morgan fingerprint density at radius 2 is 2.00 bits per heavy atom. The molecule has 1 heterocycles. The molecule has 27 heavy (non-hydrogen) atoms. The highest BCUT2D eigenvalue weighted by atomic mass is 32.2. The molecule has 0 bridgehead atoms. The number of benzene rings is 2. The molecular weight excluding hydrogens is 371 g/mol. The van der Waals surface area contributed by atoms with E-state index in [0.717, 1.165) is 6.42 Å². The molecule has 1 saturated heterocycles. The molecule has 1 aliphatic heterocycles. The van der Waals surface area contributed by atoms with E-state index in [1.165, 1.54) is 42.5 Å². The number of aliphatic hydroxyl groups is 1. The zero-order chi connectivity index (χ0) is 19.4. The maximum absolute atomic E-state index is 13.2. The first-order chi connectivity index (χ1) is 12.8. The molecule has 1 amide bonds. The van der Waals surface area contributed by atoms with E-state index in [4.69, 9.17) is 0 Å². The number of carbonyl (C=O) groups excluding carboxylic acids is 1. The van der Waals surface area contributed by atoms with E-state index in [0.29, 0.717) is 19.5 Å². The number of sulfone groups is 1. The fraction of sp³-hybridized carbons (Fsp3) is 0.316. The van der Waals surface area contributed by atoms with Crippen molar-refractivity contribution in [2.45, 2.75) is 23.8 Å². The summed E-state index contributed by atoms with van der Waals surface area (Å²) >= 11 is 0. The van der Waals surface area contributed by atoms with E-state index in [1.807, 2.05) is 0 Å². The van der Waals surface area contributed by atoms with E-state index >= 15 is 0 Å². The number of rotatable bonds is 5. The van der Waals surface area contributed by atoms with Gasteiger partial charge in [-0.15, -0.1) is 0 Å². The topological polar surface area (TPSA) is 86.7 Å².